The molecular weight excluding hydrogens is 336 g/mol. The molecular formula is C18H18N4O2S. The summed E-state index contributed by atoms with van der Waals surface area (Å²) in [6.45, 7) is 4.52. The van der Waals surface area contributed by atoms with Gasteiger partial charge in [0.1, 0.15) is 12.0 Å². The van der Waals surface area contributed by atoms with Crippen LogP contribution in [0.5, 0.6) is 0 Å². The maximum Gasteiger partial charge on any atom is 0.287 e. The van der Waals surface area contributed by atoms with E-state index in [-0.39, 0.29) is 5.69 Å². The fourth-order valence-electron chi connectivity index (χ4n) is 2.51. The van der Waals surface area contributed by atoms with Gasteiger partial charge in [0, 0.05) is 23.6 Å². The molecule has 0 amide bonds. The van der Waals surface area contributed by atoms with Crippen molar-refractivity contribution in [1.29, 1.82) is 0 Å². The second-order valence-corrected chi connectivity index (χ2v) is 6.80. The van der Waals surface area contributed by atoms with E-state index in [0.717, 1.165) is 28.2 Å². The van der Waals surface area contributed by atoms with E-state index in [1.54, 1.807) is 11.3 Å². The smallest absolute Gasteiger partial charge is 0.287 e. The summed E-state index contributed by atoms with van der Waals surface area (Å²) in [7, 11) is 0. The van der Waals surface area contributed by atoms with E-state index in [2.05, 4.69) is 44.9 Å². The Bertz CT molecular complexity index is 890. The molecule has 6 nitrogen and oxygen atoms in total. The molecule has 0 radical (unpaired) electrons. The summed E-state index contributed by atoms with van der Waals surface area (Å²) in [5.74, 6) is 0.681. The minimum atomic E-state index is -0.435. The molecule has 0 saturated carbocycles. The van der Waals surface area contributed by atoms with Crippen molar-refractivity contribution in [2.45, 2.75) is 20.3 Å². The molecule has 2 aromatic heterocycles. The summed E-state index contributed by atoms with van der Waals surface area (Å²) in [5.41, 5.74) is 4.12. The fourth-order valence-corrected chi connectivity index (χ4v) is 3.13. The molecule has 0 saturated heterocycles. The van der Waals surface area contributed by atoms with E-state index in [0.29, 0.717) is 12.4 Å². The first kappa shape index (κ1) is 17.0. The first-order valence-corrected chi connectivity index (χ1v) is 8.77. The third-order valence-electron chi connectivity index (χ3n) is 3.85. The van der Waals surface area contributed by atoms with Gasteiger partial charge in [0.05, 0.1) is 15.6 Å². The van der Waals surface area contributed by atoms with E-state index in [9.17, 15) is 10.1 Å². The van der Waals surface area contributed by atoms with E-state index in [4.69, 9.17) is 0 Å². The average Bonchev–Trinajstić information content (AvgIpc) is 3.03. The Hall–Kier alpha value is -2.80. The molecule has 3 rings (SSSR count). The molecule has 7 heteroatoms. The van der Waals surface area contributed by atoms with Crippen LogP contribution in [0.4, 0.5) is 11.5 Å². The van der Waals surface area contributed by atoms with Gasteiger partial charge in [-0.3, -0.25) is 10.1 Å². The first-order chi connectivity index (χ1) is 12.0. The molecule has 0 unspecified atom stereocenters. The Labute approximate surface area is 149 Å². The van der Waals surface area contributed by atoms with Crippen LogP contribution in [0.15, 0.2) is 41.9 Å². The summed E-state index contributed by atoms with van der Waals surface area (Å²) >= 11 is 1.65. The number of aryl methyl sites for hydroxylation is 2. The molecule has 0 bridgehead atoms. The lowest BCUT2D eigenvalue weighted by Gasteiger charge is -2.08. The molecule has 0 spiro atoms. The number of benzene rings is 1. The maximum atomic E-state index is 10.7. The lowest BCUT2D eigenvalue weighted by Crippen LogP contribution is -2.08. The van der Waals surface area contributed by atoms with Crippen LogP contribution in [0.3, 0.4) is 0 Å². The van der Waals surface area contributed by atoms with Gasteiger partial charge in [0.25, 0.3) is 5.69 Å². The van der Waals surface area contributed by atoms with Crippen LogP contribution in [0.2, 0.25) is 0 Å². The molecule has 1 N–H and O–H groups in total. The molecule has 0 aliphatic carbocycles. The number of pyridine rings is 1. The number of nitrogens with zero attached hydrogens (tertiary/aromatic N) is 3. The van der Waals surface area contributed by atoms with Crippen molar-refractivity contribution >= 4 is 22.8 Å². The van der Waals surface area contributed by atoms with Gasteiger partial charge in [-0.25, -0.2) is 9.97 Å². The summed E-state index contributed by atoms with van der Waals surface area (Å²) in [6, 6.07) is 9.89. The highest BCUT2D eigenvalue weighted by molar-refractivity contribution is 7.09. The summed E-state index contributed by atoms with van der Waals surface area (Å²) in [6.07, 6.45) is 2.12. The van der Waals surface area contributed by atoms with Crippen molar-refractivity contribution in [3.63, 3.8) is 0 Å². The molecule has 128 valence electrons. The van der Waals surface area contributed by atoms with Gasteiger partial charge in [0.2, 0.25) is 0 Å². The van der Waals surface area contributed by atoms with Crippen molar-refractivity contribution in [2.75, 3.05) is 11.9 Å². The third kappa shape index (κ3) is 4.19. The van der Waals surface area contributed by atoms with Crippen molar-refractivity contribution < 1.29 is 4.92 Å². The van der Waals surface area contributed by atoms with Gasteiger partial charge in [-0.05, 0) is 31.4 Å². The highest BCUT2D eigenvalue weighted by Gasteiger charge is 2.09. The Morgan fingerprint density at radius 3 is 2.60 bits per heavy atom. The quantitative estimate of drug-likeness (QED) is 0.524. The number of nitrogens with one attached hydrogen (secondary N) is 1. The highest BCUT2D eigenvalue weighted by Crippen LogP contribution is 2.22. The van der Waals surface area contributed by atoms with Crippen molar-refractivity contribution in [2.24, 2.45) is 0 Å². The van der Waals surface area contributed by atoms with Crippen LogP contribution >= 0.6 is 11.3 Å². The molecule has 3 aromatic rings. The van der Waals surface area contributed by atoms with E-state index in [1.807, 2.05) is 13.8 Å². The zero-order chi connectivity index (χ0) is 17.8. The standard InChI is InChI=1S/C18H18N4O2S/c1-12-9-16(22(23)24)10-20-18(12)19-8-7-14-3-5-15(6-4-14)17-11-25-13(2)21-17/h3-6,9-11H,7-8H2,1-2H3,(H,19,20). The second kappa shape index (κ2) is 7.40. The van der Waals surface area contributed by atoms with Gasteiger partial charge in [-0.15, -0.1) is 11.3 Å². The average molecular weight is 354 g/mol. The molecule has 0 fully saturated rings. The first-order valence-electron chi connectivity index (χ1n) is 7.89. The van der Waals surface area contributed by atoms with Crippen LogP contribution in [-0.2, 0) is 6.42 Å². The normalized spacial score (nSPS) is 10.6. The zero-order valence-corrected chi connectivity index (χ0v) is 14.8. The SMILES string of the molecule is Cc1nc(-c2ccc(CCNc3ncc([N+](=O)[O-])cc3C)cc2)cs1. The largest absolute Gasteiger partial charge is 0.370 e. The van der Waals surface area contributed by atoms with Crippen LogP contribution in [0, 0.1) is 24.0 Å². The summed E-state index contributed by atoms with van der Waals surface area (Å²) in [5, 5.41) is 17.1. The topological polar surface area (TPSA) is 81.0 Å². The maximum absolute atomic E-state index is 10.7. The molecule has 1 aromatic carbocycles. The van der Waals surface area contributed by atoms with E-state index < -0.39 is 4.92 Å². The molecule has 0 atom stereocenters. The Morgan fingerprint density at radius 2 is 2.00 bits per heavy atom. The summed E-state index contributed by atoms with van der Waals surface area (Å²) in [4.78, 5) is 18.9. The molecule has 0 aliphatic heterocycles. The number of rotatable bonds is 6. The van der Waals surface area contributed by atoms with Gasteiger partial charge in [-0.2, -0.15) is 0 Å². The lowest BCUT2D eigenvalue weighted by molar-refractivity contribution is -0.385. The Balaban J connectivity index is 1.58. The molecule has 25 heavy (non-hydrogen) atoms. The van der Waals surface area contributed by atoms with Crippen LogP contribution in [0.1, 0.15) is 16.1 Å². The predicted octanol–water partition coefficient (Wildman–Crippen LogP) is 4.38. The van der Waals surface area contributed by atoms with Crippen molar-refractivity contribution in [3.8, 4) is 11.3 Å². The molecule has 0 aliphatic rings. The van der Waals surface area contributed by atoms with Crippen LogP contribution < -0.4 is 5.32 Å². The van der Waals surface area contributed by atoms with Gasteiger partial charge in [0.15, 0.2) is 0 Å². The highest BCUT2D eigenvalue weighted by atomic mass is 32.1. The number of aromatic nitrogens is 2. The zero-order valence-electron chi connectivity index (χ0n) is 14.0. The Morgan fingerprint density at radius 1 is 1.24 bits per heavy atom. The summed E-state index contributed by atoms with van der Waals surface area (Å²) < 4.78 is 0. The minimum Gasteiger partial charge on any atom is -0.370 e. The van der Waals surface area contributed by atoms with E-state index in [1.165, 1.54) is 17.8 Å². The number of anilines is 1. The number of hydrogen-bond donors (Lipinski definition) is 1. The fraction of sp³-hybridized carbons (Fsp3) is 0.222. The molecule has 2 heterocycles. The predicted molar refractivity (Wildman–Crippen MR) is 100 cm³/mol. The van der Waals surface area contributed by atoms with Gasteiger partial charge < -0.3 is 5.32 Å². The van der Waals surface area contributed by atoms with Gasteiger partial charge >= 0.3 is 0 Å². The van der Waals surface area contributed by atoms with Crippen molar-refractivity contribution in [3.05, 3.63) is 68.2 Å². The number of hydrogen-bond acceptors (Lipinski definition) is 6. The van der Waals surface area contributed by atoms with Gasteiger partial charge in [-0.1, -0.05) is 24.3 Å². The lowest BCUT2D eigenvalue weighted by atomic mass is 10.1. The minimum absolute atomic E-state index is 0.0101. The van der Waals surface area contributed by atoms with E-state index >= 15 is 0 Å². The van der Waals surface area contributed by atoms with Crippen LogP contribution in [-0.4, -0.2) is 21.4 Å². The second-order valence-electron chi connectivity index (χ2n) is 5.74. The monoisotopic (exact) mass is 354 g/mol. The Kier molecular flexibility index (Phi) is 5.04. The number of nitro groups is 1. The van der Waals surface area contributed by atoms with Crippen LogP contribution in [0.25, 0.3) is 11.3 Å². The number of thiazole rings is 1. The third-order valence-corrected chi connectivity index (χ3v) is 4.62. The van der Waals surface area contributed by atoms with Crippen molar-refractivity contribution in [1.82, 2.24) is 9.97 Å².